The molecule has 0 fully saturated rings. The third kappa shape index (κ3) is 4.03. The second-order valence-corrected chi connectivity index (χ2v) is 3.55. The molecule has 1 aromatic heterocycles. The fourth-order valence-electron chi connectivity index (χ4n) is 1.27. The number of ether oxygens (including phenoxy) is 1. The quantitative estimate of drug-likeness (QED) is 0.828. The minimum absolute atomic E-state index is 0.0620. The van der Waals surface area contributed by atoms with Crippen LogP contribution < -0.4 is 10.5 Å². The van der Waals surface area contributed by atoms with Crippen molar-refractivity contribution in [2.75, 3.05) is 6.61 Å². The highest BCUT2D eigenvalue weighted by atomic mass is 19.4. The Balaban J connectivity index is 2.89. The Kier molecular flexibility index (Phi) is 5.15. The number of nitrogens with two attached hydrogens (primary N) is 1. The Morgan fingerprint density at radius 3 is 2.61 bits per heavy atom. The van der Waals surface area contributed by atoms with E-state index in [4.69, 9.17) is 10.5 Å². The van der Waals surface area contributed by atoms with Crippen LogP contribution in [0.2, 0.25) is 0 Å². The highest BCUT2D eigenvalue weighted by Gasteiger charge is 2.33. The van der Waals surface area contributed by atoms with Crippen LogP contribution in [0.5, 0.6) is 5.88 Å². The van der Waals surface area contributed by atoms with Crippen molar-refractivity contribution in [1.29, 1.82) is 0 Å². The number of halogens is 3. The van der Waals surface area contributed by atoms with Crippen LogP contribution in [0.15, 0.2) is 24.3 Å². The van der Waals surface area contributed by atoms with E-state index in [2.05, 4.69) is 4.98 Å². The molecule has 6 heteroatoms. The molecule has 0 aliphatic carbocycles. The summed E-state index contributed by atoms with van der Waals surface area (Å²) in [6.07, 6.45) is -0.0639. The number of rotatable bonds is 5. The molecule has 0 saturated heterocycles. The lowest BCUT2D eigenvalue weighted by molar-refractivity contribution is -0.141. The minimum atomic E-state index is -4.48. The Hall–Kier alpha value is -1.56. The second kappa shape index (κ2) is 6.39. The van der Waals surface area contributed by atoms with Gasteiger partial charge in [0.2, 0.25) is 5.88 Å². The average molecular weight is 260 g/mol. The van der Waals surface area contributed by atoms with Gasteiger partial charge in [-0.1, -0.05) is 25.1 Å². The van der Waals surface area contributed by atoms with Crippen LogP contribution in [0, 0.1) is 0 Å². The van der Waals surface area contributed by atoms with Crippen molar-refractivity contribution < 1.29 is 17.9 Å². The predicted molar refractivity (Wildman–Crippen MR) is 62.1 cm³/mol. The van der Waals surface area contributed by atoms with Crippen LogP contribution in [-0.2, 0) is 12.7 Å². The third-order valence-corrected chi connectivity index (χ3v) is 2.17. The number of alkyl halides is 3. The van der Waals surface area contributed by atoms with Gasteiger partial charge in [-0.2, -0.15) is 13.2 Å². The summed E-state index contributed by atoms with van der Waals surface area (Å²) >= 11 is 0. The van der Waals surface area contributed by atoms with E-state index in [1.807, 2.05) is 13.0 Å². The van der Waals surface area contributed by atoms with Crippen LogP contribution in [0.4, 0.5) is 13.2 Å². The minimum Gasteiger partial charge on any atom is -0.473 e. The lowest BCUT2D eigenvalue weighted by Crippen LogP contribution is -2.12. The van der Waals surface area contributed by atoms with Gasteiger partial charge in [-0.25, -0.2) is 4.98 Å². The largest absolute Gasteiger partial charge is 0.473 e. The van der Waals surface area contributed by atoms with Gasteiger partial charge in [-0.15, -0.1) is 0 Å². The van der Waals surface area contributed by atoms with Crippen molar-refractivity contribution in [2.24, 2.45) is 5.73 Å². The first-order valence-corrected chi connectivity index (χ1v) is 5.54. The van der Waals surface area contributed by atoms with E-state index >= 15 is 0 Å². The van der Waals surface area contributed by atoms with Gasteiger partial charge in [0, 0.05) is 12.1 Å². The topological polar surface area (TPSA) is 48.1 Å². The molecule has 100 valence electrons. The standard InChI is InChI=1S/C12H15F3N2O/c1-2-3-4-7-18-11-9(8-16)5-6-10(17-11)12(13,14)15/h3-6H,2,7-8,16H2,1H3/b4-3-. The Bertz CT molecular complexity index is 416. The predicted octanol–water partition coefficient (Wildman–Crippen LogP) is 2.90. The molecule has 3 nitrogen and oxygen atoms in total. The van der Waals surface area contributed by atoms with Gasteiger partial charge in [0.25, 0.3) is 0 Å². The molecule has 0 aliphatic heterocycles. The second-order valence-electron chi connectivity index (χ2n) is 3.55. The normalized spacial score (nSPS) is 12.1. The summed E-state index contributed by atoms with van der Waals surface area (Å²) < 4.78 is 42.6. The van der Waals surface area contributed by atoms with Crippen LogP contribution in [0.3, 0.4) is 0 Å². The summed E-state index contributed by atoms with van der Waals surface area (Å²) in [5.74, 6) is -0.0620. The zero-order valence-corrected chi connectivity index (χ0v) is 10.00. The summed E-state index contributed by atoms with van der Waals surface area (Å²) in [6, 6.07) is 2.19. The van der Waals surface area contributed by atoms with E-state index in [-0.39, 0.29) is 19.0 Å². The molecule has 0 amide bonds. The maximum Gasteiger partial charge on any atom is 0.433 e. The van der Waals surface area contributed by atoms with Gasteiger partial charge in [0.15, 0.2) is 0 Å². The van der Waals surface area contributed by atoms with Crippen molar-refractivity contribution >= 4 is 0 Å². The van der Waals surface area contributed by atoms with Crippen molar-refractivity contribution in [1.82, 2.24) is 4.98 Å². The number of nitrogens with zero attached hydrogens (tertiary/aromatic N) is 1. The van der Waals surface area contributed by atoms with E-state index in [0.717, 1.165) is 12.5 Å². The molecule has 1 heterocycles. The number of allylic oxidation sites excluding steroid dienone is 1. The zero-order valence-electron chi connectivity index (χ0n) is 10.00. The Labute approximate surface area is 103 Å². The van der Waals surface area contributed by atoms with Gasteiger partial charge in [0.1, 0.15) is 12.3 Å². The Morgan fingerprint density at radius 2 is 2.06 bits per heavy atom. The first-order chi connectivity index (χ1) is 8.49. The molecule has 0 bridgehead atoms. The van der Waals surface area contributed by atoms with Crippen LogP contribution in [-0.4, -0.2) is 11.6 Å². The summed E-state index contributed by atoms with van der Waals surface area (Å²) in [5, 5.41) is 0. The summed E-state index contributed by atoms with van der Waals surface area (Å²) in [7, 11) is 0. The molecule has 2 N–H and O–H groups in total. The maximum atomic E-state index is 12.5. The average Bonchev–Trinajstić information content (AvgIpc) is 2.33. The van der Waals surface area contributed by atoms with Crippen molar-refractivity contribution in [3.05, 3.63) is 35.5 Å². The van der Waals surface area contributed by atoms with E-state index in [1.165, 1.54) is 6.07 Å². The van der Waals surface area contributed by atoms with Gasteiger partial charge in [0.05, 0.1) is 0 Å². The molecule has 1 rings (SSSR count). The van der Waals surface area contributed by atoms with E-state index in [1.54, 1.807) is 6.08 Å². The highest BCUT2D eigenvalue weighted by molar-refractivity contribution is 5.29. The molecule has 0 atom stereocenters. The van der Waals surface area contributed by atoms with Gasteiger partial charge in [-0.3, -0.25) is 0 Å². The van der Waals surface area contributed by atoms with E-state index in [0.29, 0.717) is 5.56 Å². The number of pyridine rings is 1. The molecule has 0 spiro atoms. The zero-order chi connectivity index (χ0) is 13.6. The summed E-state index contributed by atoms with van der Waals surface area (Å²) in [4.78, 5) is 3.45. The monoisotopic (exact) mass is 260 g/mol. The van der Waals surface area contributed by atoms with Crippen LogP contribution >= 0.6 is 0 Å². The van der Waals surface area contributed by atoms with Gasteiger partial charge >= 0.3 is 6.18 Å². The SMILES string of the molecule is CC/C=C\COc1nc(C(F)(F)F)ccc1CN. The smallest absolute Gasteiger partial charge is 0.433 e. The highest BCUT2D eigenvalue weighted by Crippen LogP contribution is 2.30. The van der Waals surface area contributed by atoms with Crippen molar-refractivity contribution in [3.63, 3.8) is 0 Å². The summed E-state index contributed by atoms with van der Waals surface area (Å²) in [6.45, 7) is 2.21. The number of aromatic nitrogens is 1. The van der Waals surface area contributed by atoms with Crippen molar-refractivity contribution in [3.8, 4) is 5.88 Å². The molecule has 0 aliphatic rings. The molecule has 0 saturated carbocycles. The molecular weight excluding hydrogens is 245 g/mol. The molecule has 18 heavy (non-hydrogen) atoms. The van der Waals surface area contributed by atoms with E-state index < -0.39 is 11.9 Å². The number of hydrogen-bond donors (Lipinski definition) is 1. The molecule has 0 radical (unpaired) electrons. The third-order valence-electron chi connectivity index (χ3n) is 2.17. The number of hydrogen-bond acceptors (Lipinski definition) is 3. The van der Waals surface area contributed by atoms with Crippen molar-refractivity contribution in [2.45, 2.75) is 26.1 Å². The first-order valence-electron chi connectivity index (χ1n) is 5.54. The first kappa shape index (κ1) is 14.5. The van der Waals surface area contributed by atoms with Crippen LogP contribution in [0.1, 0.15) is 24.6 Å². The fourth-order valence-corrected chi connectivity index (χ4v) is 1.27. The Morgan fingerprint density at radius 1 is 1.33 bits per heavy atom. The maximum absolute atomic E-state index is 12.5. The summed E-state index contributed by atoms with van der Waals surface area (Å²) in [5.41, 5.74) is 4.90. The molecular formula is C12H15F3N2O. The fraction of sp³-hybridized carbons (Fsp3) is 0.417. The van der Waals surface area contributed by atoms with E-state index in [9.17, 15) is 13.2 Å². The molecule has 0 unspecified atom stereocenters. The van der Waals surface area contributed by atoms with Gasteiger partial charge < -0.3 is 10.5 Å². The lowest BCUT2D eigenvalue weighted by atomic mass is 10.2. The van der Waals surface area contributed by atoms with Crippen LogP contribution in [0.25, 0.3) is 0 Å². The molecule has 0 aromatic carbocycles. The molecule has 1 aromatic rings. The lowest BCUT2D eigenvalue weighted by Gasteiger charge is -2.11. The van der Waals surface area contributed by atoms with Gasteiger partial charge in [-0.05, 0) is 12.5 Å².